The fourth-order valence-corrected chi connectivity index (χ4v) is 2.42. The van der Waals surface area contributed by atoms with Gasteiger partial charge in [0.1, 0.15) is 5.82 Å². The van der Waals surface area contributed by atoms with Gasteiger partial charge < -0.3 is 4.74 Å². The van der Waals surface area contributed by atoms with Gasteiger partial charge in [-0.1, -0.05) is 29.8 Å². The summed E-state index contributed by atoms with van der Waals surface area (Å²) in [4.78, 5) is 8.92. The number of alkyl halides is 1. The third kappa shape index (κ3) is 4.60. The predicted molar refractivity (Wildman–Crippen MR) is 64.5 cm³/mol. The summed E-state index contributed by atoms with van der Waals surface area (Å²) < 4.78 is 5.05. The van der Waals surface area contributed by atoms with Crippen molar-refractivity contribution in [2.45, 2.75) is 31.5 Å². The molecular formula is C11H17BrN2O. The molecular weight excluding hydrogens is 256 g/mol. The first-order chi connectivity index (χ1) is 7.11. The number of nitrogens with zero attached hydrogens (tertiary/aromatic N) is 2. The highest BCUT2D eigenvalue weighted by Gasteiger charge is 2.10. The summed E-state index contributed by atoms with van der Waals surface area (Å²) >= 11 is 3.64. The summed E-state index contributed by atoms with van der Waals surface area (Å²) in [6, 6.07) is 1.76. The highest BCUT2D eigenvalue weighted by atomic mass is 79.9. The summed E-state index contributed by atoms with van der Waals surface area (Å²) in [5, 5.41) is 0. The Morgan fingerprint density at radius 1 is 1.47 bits per heavy atom. The Morgan fingerprint density at radius 2 is 2.20 bits per heavy atom. The molecule has 15 heavy (non-hydrogen) atoms. The second kappa shape index (κ2) is 6.05. The van der Waals surface area contributed by atoms with E-state index in [1.54, 1.807) is 19.4 Å². The number of methoxy groups -OCH3 is 1. The van der Waals surface area contributed by atoms with Crippen molar-refractivity contribution in [1.82, 2.24) is 9.97 Å². The van der Waals surface area contributed by atoms with Crippen molar-refractivity contribution >= 4 is 15.9 Å². The van der Waals surface area contributed by atoms with E-state index in [-0.39, 0.29) is 0 Å². The van der Waals surface area contributed by atoms with Crippen molar-refractivity contribution in [1.29, 1.82) is 0 Å². The van der Waals surface area contributed by atoms with Crippen molar-refractivity contribution < 1.29 is 4.74 Å². The zero-order valence-electron chi connectivity index (χ0n) is 9.40. The number of hydrogen-bond acceptors (Lipinski definition) is 3. The zero-order valence-corrected chi connectivity index (χ0v) is 11.0. The van der Waals surface area contributed by atoms with E-state index in [1.807, 2.05) is 0 Å². The molecule has 0 saturated heterocycles. The summed E-state index contributed by atoms with van der Waals surface area (Å²) in [7, 11) is 1.62. The number of ether oxygens (including phenoxy) is 1. The molecule has 3 nitrogen and oxygen atoms in total. The highest BCUT2D eigenvalue weighted by Crippen LogP contribution is 2.16. The van der Waals surface area contributed by atoms with Gasteiger partial charge in [-0.15, -0.1) is 0 Å². The van der Waals surface area contributed by atoms with Crippen LogP contribution in [0.2, 0.25) is 0 Å². The van der Waals surface area contributed by atoms with Gasteiger partial charge in [-0.25, -0.2) is 4.98 Å². The van der Waals surface area contributed by atoms with Crippen LogP contribution in [0.1, 0.15) is 26.1 Å². The molecule has 0 fully saturated rings. The van der Waals surface area contributed by atoms with Gasteiger partial charge in [-0.05, 0) is 12.3 Å². The molecule has 1 rings (SSSR count). The van der Waals surface area contributed by atoms with Crippen molar-refractivity contribution in [3.63, 3.8) is 0 Å². The molecule has 0 N–H and O–H groups in total. The van der Waals surface area contributed by atoms with Crippen LogP contribution in [0.4, 0.5) is 0 Å². The van der Waals surface area contributed by atoms with Gasteiger partial charge in [0.2, 0.25) is 5.88 Å². The zero-order chi connectivity index (χ0) is 11.3. The Balaban J connectivity index is 2.55. The topological polar surface area (TPSA) is 35.0 Å². The normalized spacial score (nSPS) is 12.9. The number of hydrogen-bond donors (Lipinski definition) is 0. The number of rotatable bonds is 5. The van der Waals surface area contributed by atoms with Gasteiger partial charge in [0.05, 0.1) is 7.11 Å². The lowest BCUT2D eigenvalue weighted by atomic mass is 10.1. The van der Waals surface area contributed by atoms with Crippen LogP contribution in [0.3, 0.4) is 0 Å². The fourth-order valence-electron chi connectivity index (χ4n) is 1.39. The van der Waals surface area contributed by atoms with E-state index in [2.05, 4.69) is 39.7 Å². The molecule has 0 aromatic carbocycles. The minimum Gasteiger partial charge on any atom is -0.481 e. The van der Waals surface area contributed by atoms with Crippen LogP contribution in [-0.2, 0) is 6.42 Å². The first kappa shape index (κ1) is 12.4. The summed E-state index contributed by atoms with van der Waals surface area (Å²) in [5.74, 6) is 2.14. The van der Waals surface area contributed by atoms with E-state index >= 15 is 0 Å². The molecule has 4 heteroatoms. The smallest absolute Gasteiger partial charge is 0.216 e. The number of halogens is 1. The Hall–Kier alpha value is -0.640. The predicted octanol–water partition coefficient (Wildman–Crippen LogP) is 2.84. The molecule has 0 saturated carbocycles. The Labute approximate surface area is 99.4 Å². The third-order valence-electron chi connectivity index (χ3n) is 2.02. The van der Waals surface area contributed by atoms with E-state index in [4.69, 9.17) is 4.74 Å². The second-order valence-electron chi connectivity index (χ2n) is 3.95. The van der Waals surface area contributed by atoms with Crippen LogP contribution in [0, 0.1) is 5.92 Å². The molecule has 0 amide bonds. The van der Waals surface area contributed by atoms with E-state index in [0.29, 0.717) is 16.6 Å². The minimum absolute atomic E-state index is 0.435. The van der Waals surface area contributed by atoms with Crippen LogP contribution in [0.15, 0.2) is 12.3 Å². The van der Waals surface area contributed by atoms with E-state index < -0.39 is 0 Å². The monoisotopic (exact) mass is 272 g/mol. The first-order valence-corrected chi connectivity index (χ1v) is 6.03. The quantitative estimate of drug-likeness (QED) is 0.774. The van der Waals surface area contributed by atoms with Crippen LogP contribution in [0.25, 0.3) is 0 Å². The van der Waals surface area contributed by atoms with Crippen molar-refractivity contribution in [2.75, 3.05) is 7.11 Å². The van der Waals surface area contributed by atoms with Gasteiger partial charge in [-0.3, -0.25) is 0 Å². The Morgan fingerprint density at radius 3 is 2.80 bits per heavy atom. The standard InChI is InChI=1S/C11H17BrN2O/c1-8(2)6-9(12)7-10-13-5-4-11(14-10)15-3/h4-5,8-9H,6-7H2,1-3H3. The first-order valence-electron chi connectivity index (χ1n) is 5.11. The lowest BCUT2D eigenvalue weighted by Crippen LogP contribution is -2.09. The van der Waals surface area contributed by atoms with Gasteiger partial charge in [0.15, 0.2) is 0 Å². The third-order valence-corrected chi connectivity index (χ3v) is 2.72. The lowest BCUT2D eigenvalue weighted by Gasteiger charge is -2.11. The maximum Gasteiger partial charge on any atom is 0.216 e. The van der Waals surface area contributed by atoms with E-state index in [1.165, 1.54) is 0 Å². The molecule has 1 unspecified atom stereocenters. The summed E-state index contributed by atoms with van der Waals surface area (Å²) in [5.41, 5.74) is 0. The maximum atomic E-state index is 5.05. The Bertz CT molecular complexity index is 304. The molecule has 0 aliphatic heterocycles. The van der Waals surface area contributed by atoms with Crippen molar-refractivity contribution in [3.05, 3.63) is 18.1 Å². The van der Waals surface area contributed by atoms with Crippen LogP contribution >= 0.6 is 15.9 Å². The van der Waals surface area contributed by atoms with Gasteiger partial charge in [-0.2, -0.15) is 4.98 Å². The van der Waals surface area contributed by atoms with Crippen LogP contribution < -0.4 is 4.74 Å². The molecule has 1 aromatic heterocycles. The lowest BCUT2D eigenvalue weighted by molar-refractivity contribution is 0.394. The van der Waals surface area contributed by atoms with Gasteiger partial charge in [0, 0.05) is 23.5 Å². The van der Waals surface area contributed by atoms with Crippen molar-refractivity contribution in [3.8, 4) is 5.88 Å². The van der Waals surface area contributed by atoms with Crippen LogP contribution in [0.5, 0.6) is 5.88 Å². The minimum atomic E-state index is 0.435. The molecule has 0 radical (unpaired) electrons. The van der Waals surface area contributed by atoms with Crippen molar-refractivity contribution in [2.24, 2.45) is 5.92 Å². The molecule has 1 atom stereocenters. The average molecular weight is 273 g/mol. The van der Waals surface area contributed by atoms with Gasteiger partial charge in [0.25, 0.3) is 0 Å². The molecule has 1 aromatic rings. The van der Waals surface area contributed by atoms with E-state index in [0.717, 1.165) is 18.7 Å². The largest absolute Gasteiger partial charge is 0.481 e. The molecule has 0 aliphatic rings. The molecule has 84 valence electrons. The molecule has 1 heterocycles. The number of aromatic nitrogens is 2. The fraction of sp³-hybridized carbons (Fsp3) is 0.636. The SMILES string of the molecule is COc1ccnc(CC(Br)CC(C)C)n1. The molecule has 0 spiro atoms. The summed E-state index contributed by atoms with van der Waals surface area (Å²) in [6.45, 7) is 4.42. The van der Waals surface area contributed by atoms with Crippen LogP contribution in [-0.4, -0.2) is 21.9 Å². The molecule has 0 aliphatic carbocycles. The average Bonchev–Trinajstić information content (AvgIpc) is 2.16. The highest BCUT2D eigenvalue weighted by molar-refractivity contribution is 9.09. The maximum absolute atomic E-state index is 5.05. The molecule has 0 bridgehead atoms. The van der Waals surface area contributed by atoms with E-state index in [9.17, 15) is 0 Å². The Kier molecular flexibility index (Phi) is 5.02. The second-order valence-corrected chi connectivity index (χ2v) is 5.24. The van der Waals surface area contributed by atoms with Gasteiger partial charge >= 0.3 is 0 Å². The summed E-state index contributed by atoms with van der Waals surface area (Å²) in [6.07, 6.45) is 3.70.